The Hall–Kier alpha value is -1.15. The number of hydrogen-bond donors (Lipinski definition) is 4. The first-order valence-corrected chi connectivity index (χ1v) is 7.17. The highest BCUT2D eigenvalue weighted by Crippen LogP contribution is 2.33. The molecule has 0 bridgehead atoms. The number of carbonyl (C=O) groups is 1. The number of hydrogen-bond acceptors (Lipinski definition) is 3. The Morgan fingerprint density at radius 3 is 2.35 bits per heavy atom. The smallest absolute Gasteiger partial charge is 0.234 e. The van der Waals surface area contributed by atoms with Gasteiger partial charge in [-0.25, -0.2) is 0 Å². The fraction of sp³-hybridized carbons (Fsp3) is 0.100. The number of nitrogens with zero attached hydrogens (tertiary/aromatic N) is 1. The maximum absolute atomic E-state index is 11.7. The molecule has 1 aromatic rings. The van der Waals surface area contributed by atoms with E-state index in [1.54, 1.807) is 0 Å². The molecule has 0 aliphatic heterocycles. The van der Waals surface area contributed by atoms with E-state index in [-0.39, 0.29) is 32.6 Å². The third kappa shape index (κ3) is 5.46. The third-order valence-corrected chi connectivity index (χ3v) is 3.43. The molecule has 0 heterocycles. The van der Waals surface area contributed by atoms with Crippen molar-refractivity contribution in [2.75, 3.05) is 11.1 Å². The van der Waals surface area contributed by atoms with E-state index in [1.807, 2.05) is 0 Å². The summed E-state index contributed by atoms with van der Waals surface area (Å²) >= 11 is 18.5. The molecular weight excluding hydrogens is 345 g/mol. The van der Waals surface area contributed by atoms with Crippen molar-refractivity contribution in [2.24, 2.45) is 16.5 Å². The van der Waals surface area contributed by atoms with Crippen LogP contribution < -0.4 is 16.8 Å². The Kier molecular flexibility index (Phi) is 6.41. The van der Waals surface area contributed by atoms with Gasteiger partial charge in [-0.05, 0) is 12.1 Å². The normalized spacial score (nSPS) is 9.95. The van der Waals surface area contributed by atoms with Gasteiger partial charge in [-0.1, -0.05) is 46.6 Å². The van der Waals surface area contributed by atoms with Crippen LogP contribution >= 0.6 is 46.6 Å². The fourth-order valence-electron chi connectivity index (χ4n) is 1.12. The molecule has 108 valence electrons. The van der Waals surface area contributed by atoms with Crippen LogP contribution in [-0.2, 0) is 4.79 Å². The third-order valence-electron chi connectivity index (χ3n) is 1.84. The molecule has 1 aromatic carbocycles. The molecule has 0 saturated heterocycles. The SMILES string of the molecule is N=C(N=C(N)N)SCC(=O)Nc1c(Cl)cc(Cl)cc1Cl. The second-order valence-electron chi connectivity index (χ2n) is 3.42. The summed E-state index contributed by atoms with van der Waals surface area (Å²) in [6.07, 6.45) is 0. The molecular formula is C10H10Cl3N5OS. The van der Waals surface area contributed by atoms with Crippen LogP contribution in [-0.4, -0.2) is 22.8 Å². The number of carbonyl (C=O) groups excluding carboxylic acids is 1. The largest absolute Gasteiger partial charge is 0.370 e. The van der Waals surface area contributed by atoms with Crippen LogP contribution in [0.1, 0.15) is 0 Å². The number of nitrogens with one attached hydrogen (secondary N) is 2. The molecule has 0 aliphatic carbocycles. The predicted octanol–water partition coefficient (Wildman–Crippen LogP) is 2.53. The van der Waals surface area contributed by atoms with Crippen LogP contribution in [0.2, 0.25) is 15.1 Å². The molecule has 0 fully saturated rings. The van der Waals surface area contributed by atoms with Gasteiger partial charge in [-0.3, -0.25) is 10.2 Å². The number of nitrogens with two attached hydrogens (primary N) is 2. The van der Waals surface area contributed by atoms with E-state index in [2.05, 4.69) is 10.3 Å². The van der Waals surface area contributed by atoms with Crippen LogP contribution in [0.5, 0.6) is 0 Å². The lowest BCUT2D eigenvalue weighted by Gasteiger charge is -2.09. The monoisotopic (exact) mass is 353 g/mol. The highest BCUT2D eigenvalue weighted by Gasteiger charge is 2.12. The van der Waals surface area contributed by atoms with E-state index in [4.69, 9.17) is 51.7 Å². The lowest BCUT2D eigenvalue weighted by Crippen LogP contribution is -2.24. The minimum absolute atomic E-state index is 0.0646. The highest BCUT2D eigenvalue weighted by atomic mass is 35.5. The maximum Gasteiger partial charge on any atom is 0.234 e. The minimum Gasteiger partial charge on any atom is -0.370 e. The van der Waals surface area contributed by atoms with Gasteiger partial charge in [0.2, 0.25) is 5.91 Å². The van der Waals surface area contributed by atoms with E-state index in [0.717, 1.165) is 11.8 Å². The van der Waals surface area contributed by atoms with Crippen molar-refractivity contribution in [1.82, 2.24) is 0 Å². The maximum atomic E-state index is 11.7. The van der Waals surface area contributed by atoms with Gasteiger partial charge in [-0.15, -0.1) is 0 Å². The van der Waals surface area contributed by atoms with Gasteiger partial charge in [0.25, 0.3) is 0 Å². The van der Waals surface area contributed by atoms with Crippen molar-refractivity contribution in [2.45, 2.75) is 0 Å². The van der Waals surface area contributed by atoms with E-state index in [1.165, 1.54) is 12.1 Å². The minimum atomic E-state index is -0.406. The van der Waals surface area contributed by atoms with Gasteiger partial charge >= 0.3 is 0 Å². The van der Waals surface area contributed by atoms with Crippen LogP contribution in [0, 0.1) is 5.41 Å². The molecule has 6 nitrogen and oxygen atoms in total. The van der Waals surface area contributed by atoms with Crippen LogP contribution in [0.15, 0.2) is 17.1 Å². The number of guanidine groups is 1. The summed E-state index contributed by atoms with van der Waals surface area (Å²) in [6.45, 7) is 0. The molecule has 0 radical (unpaired) electrons. The van der Waals surface area contributed by atoms with E-state index < -0.39 is 5.91 Å². The second-order valence-corrected chi connectivity index (χ2v) is 5.64. The van der Waals surface area contributed by atoms with Crippen LogP contribution in [0.25, 0.3) is 0 Å². The molecule has 20 heavy (non-hydrogen) atoms. The lowest BCUT2D eigenvalue weighted by atomic mass is 10.3. The van der Waals surface area contributed by atoms with Crippen molar-refractivity contribution >= 4 is 69.3 Å². The highest BCUT2D eigenvalue weighted by molar-refractivity contribution is 8.14. The average Bonchev–Trinajstić information content (AvgIpc) is 2.30. The number of aliphatic imine (C=N–C) groups is 1. The quantitative estimate of drug-likeness (QED) is 0.493. The van der Waals surface area contributed by atoms with E-state index in [9.17, 15) is 4.79 Å². The zero-order chi connectivity index (χ0) is 15.3. The zero-order valence-corrected chi connectivity index (χ0v) is 13.0. The molecule has 0 aliphatic rings. The molecule has 1 amide bonds. The van der Waals surface area contributed by atoms with Gasteiger partial charge < -0.3 is 16.8 Å². The van der Waals surface area contributed by atoms with Crippen LogP contribution in [0.4, 0.5) is 5.69 Å². The van der Waals surface area contributed by atoms with Gasteiger partial charge in [0.1, 0.15) is 0 Å². The summed E-state index contributed by atoms with van der Waals surface area (Å²) in [6, 6.07) is 2.92. The molecule has 0 aromatic heterocycles. The number of rotatable bonds is 3. The summed E-state index contributed by atoms with van der Waals surface area (Å²) in [5, 5.41) is 10.5. The summed E-state index contributed by atoms with van der Waals surface area (Å²) in [7, 11) is 0. The number of amidine groups is 1. The Bertz CT molecular complexity index is 551. The molecule has 10 heteroatoms. The zero-order valence-electron chi connectivity index (χ0n) is 9.91. The summed E-state index contributed by atoms with van der Waals surface area (Å²) < 4.78 is 0. The second kappa shape index (κ2) is 7.58. The Balaban J connectivity index is 2.64. The summed E-state index contributed by atoms with van der Waals surface area (Å²) in [4.78, 5) is 15.2. The molecule has 0 unspecified atom stereocenters. The molecule has 0 saturated carbocycles. The molecule has 6 N–H and O–H groups in total. The van der Waals surface area contributed by atoms with E-state index in [0.29, 0.717) is 5.02 Å². The number of halogens is 3. The molecule has 0 atom stereocenters. The summed E-state index contributed by atoms with van der Waals surface area (Å²) in [5.41, 5.74) is 10.5. The fourth-order valence-corrected chi connectivity index (χ4v) is 2.54. The van der Waals surface area contributed by atoms with Crippen molar-refractivity contribution in [3.8, 4) is 0 Å². The number of benzene rings is 1. The number of thioether (sulfide) groups is 1. The first-order valence-electron chi connectivity index (χ1n) is 5.05. The van der Waals surface area contributed by atoms with Gasteiger partial charge in [0, 0.05) is 5.02 Å². The van der Waals surface area contributed by atoms with E-state index >= 15 is 0 Å². The van der Waals surface area contributed by atoms with Gasteiger partial charge in [0.15, 0.2) is 11.1 Å². The van der Waals surface area contributed by atoms with Gasteiger partial charge in [-0.2, -0.15) is 4.99 Å². The first-order chi connectivity index (χ1) is 9.29. The molecule has 0 spiro atoms. The lowest BCUT2D eigenvalue weighted by molar-refractivity contribution is -0.113. The van der Waals surface area contributed by atoms with Crippen molar-refractivity contribution < 1.29 is 4.79 Å². The number of anilines is 1. The van der Waals surface area contributed by atoms with Crippen molar-refractivity contribution in [1.29, 1.82) is 5.41 Å². The predicted molar refractivity (Wildman–Crippen MR) is 86.1 cm³/mol. The topological polar surface area (TPSA) is 117 Å². The van der Waals surface area contributed by atoms with Gasteiger partial charge in [0.05, 0.1) is 21.5 Å². The van der Waals surface area contributed by atoms with Crippen LogP contribution in [0.3, 0.4) is 0 Å². The summed E-state index contributed by atoms with van der Waals surface area (Å²) in [5.74, 6) is -0.714. The Morgan fingerprint density at radius 1 is 1.30 bits per heavy atom. The van der Waals surface area contributed by atoms with Crippen molar-refractivity contribution in [3.63, 3.8) is 0 Å². The first kappa shape index (κ1) is 16.9. The number of amides is 1. The Morgan fingerprint density at radius 2 is 1.85 bits per heavy atom. The average molecular weight is 355 g/mol. The molecule has 1 rings (SSSR count). The standard InChI is InChI=1S/C10H10Cl3N5OS/c11-4-1-5(12)8(6(13)2-4)17-7(19)3-20-10(16)18-9(14)15/h1-2H,3H2,(H,17,19)(H5,14,15,16,18). The Labute approximate surface area is 134 Å². The van der Waals surface area contributed by atoms with Crippen molar-refractivity contribution in [3.05, 3.63) is 27.2 Å².